The second kappa shape index (κ2) is 8.10. The Bertz CT molecular complexity index is 1250. The molecule has 1 amide bonds. The molecule has 0 aliphatic heterocycles. The lowest BCUT2D eigenvalue weighted by molar-refractivity contribution is 0.1000. The fraction of sp³-hybridized carbons (Fsp3) is 0. The van der Waals surface area contributed by atoms with Gasteiger partial charge in [0, 0.05) is 17.8 Å². The van der Waals surface area contributed by atoms with Crippen LogP contribution >= 0.6 is 22.9 Å². The average Bonchev–Trinajstić information content (AvgIpc) is 3.19. The van der Waals surface area contributed by atoms with Gasteiger partial charge in [0.15, 0.2) is 22.3 Å². The van der Waals surface area contributed by atoms with Crippen molar-refractivity contribution in [2.45, 2.75) is 0 Å². The second-order valence-corrected chi connectivity index (χ2v) is 7.56. The first-order chi connectivity index (χ1) is 14.4. The number of thiazole rings is 1. The fourth-order valence-corrected chi connectivity index (χ4v) is 3.87. The smallest absolute Gasteiger partial charge is 0.277 e. The molecule has 0 aliphatic rings. The lowest BCUT2D eigenvalue weighted by Crippen LogP contribution is -2.10. The lowest BCUT2D eigenvalue weighted by Gasteiger charge is -2.10. The highest BCUT2D eigenvalue weighted by atomic mass is 35.5. The summed E-state index contributed by atoms with van der Waals surface area (Å²) in [5.74, 6) is -1.05. The molecule has 0 bridgehead atoms. The van der Waals surface area contributed by atoms with Crippen LogP contribution in [0.4, 0.5) is 10.2 Å². The number of nitrogen functional groups attached to an aromatic ring is 1. The molecule has 4 aromatic rings. The number of aromatic nitrogens is 2. The molecule has 0 atom stereocenters. The molecule has 2 heterocycles. The molecular weight excluding hydrogens is 427 g/mol. The Kier molecular flexibility index (Phi) is 5.35. The minimum absolute atomic E-state index is 0.0436. The van der Waals surface area contributed by atoms with Crippen LogP contribution in [-0.4, -0.2) is 15.9 Å². The van der Waals surface area contributed by atoms with Crippen molar-refractivity contribution in [3.8, 4) is 33.2 Å². The number of halogens is 2. The molecule has 0 unspecified atom stereocenters. The third-order valence-electron chi connectivity index (χ3n) is 4.18. The van der Waals surface area contributed by atoms with Gasteiger partial charge >= 0.3 is 0 Å². The Morgan fingerprint density at radius 2 is 1.83 bits per heavy atom. The van der Waals surface area contributed by atoms with Gasteiger partial charge < -0.3 is 16.2 Å². The summed E-state index contributed by atoms with van der Waals surface area (Å²) in [6.45, 7) is 0. The van der Waals surface area contributed by atoms with Crippen molar-refractivity contribution in [2.75, 3.05) is 5.73 Å². The number of carbonyl (C=O) groups excluding carboxylic acids is 1. The number of pyridine rings is 1. The minimum atomic E-state index is -0.645. The summed E-state index contributed by atoms with van der Waals surface area (Å²) in [7, 11) is 0. The predicted octanol–water partition coefficient (Wildman–Crippen LogP) is 5.14. The zero-order valence-corrected chi connectivity index (χ0v) is 16.9. The highest BCUT2D eigenvalue weighted by molar-refractivity contribution is 7.17. The van der Waals surface area contributed by atoms with E-state index in [4.69, 9.17) is 27.8 Å². The normalized spacial score (nSPS) is 10.7. The number of hydrogen-bond acceptors (Lipinski definition) is 6. The largest absolute Gasteiger partial charge is 0.453 e. The van der Waals surface area contributed by atoms with E-state index in [1.54, 1.807) is 6.07 Å². The van der Waals surface area contributed by atoms with Crippen molar-refractivity contribution < 1.29 is 13.9 Å². The van der Waals surface area contributed by atoms with Gasteiger partial charge in [-0.15, -0.1) is 11.3 Å². The molecular formula is C21H14ClFN4O2S. The standard InChI is InChI=1S/C21H14ClFN4O2S/c22-16-15(8-9-26-19(16)24)29-14-7-6-12(10-13(14)23)17-18(11-4-2-1-3-5-11)30-21(27-17)20(25)28/h1-10H,(H2,24,26)(H2,25,28). The maximum Gasteiger partial charge on any atom is 0.277 e. The van der Waals surface area contributed by atoms with Crippen LogP contribution < -0.4 is 16.2 Å². The maximum atomic E-state index is 14.8. The summed E-state index contributed by atoms with van der Waals surface area (Å²) in [5, 5.41) is 0.238. The van der Waals surface area contributed by atoms with Gasteiger partial charge in [0.2, 0.25) is 0 Å². The summed E-state index contributed by atoms with van der Waals surface area (Å²) < 4.78 is 20.4. The topological polar surface area (TPSA) is 104 Å². The van der Waals surface area contributed by atoms with Gasteiger partial charge in [-0.2, -0.15) is 0 Å². The number of amides is 1. The highest BCUT2D eigenvalue weighted by Crippen LogP contribution is 2.39. The first-order valence-corrected chi connectivity index (χ1v) is 9.87. The van der Waals surface area contributed by atoms with E-state index in [0.717, 1.165) is 16.9 Å². The van der Waals surface area contributed by atoms with Crippen LogP contribution in [0.25, 0.3) is 21.7 Å². The van der Waals surface area contributed by atoms with Crippen molar-refractivity contribution in [3.63, 3.8) is 0 Å². The van der Waals surface area contributed by atoms with Gasteiger partial charge in [-0.05, 0) is 23.8 Å². The fourth-order valence-electron chi connectivity index (χ4n) is 2.78. The van der Waals surface area contributed by atoms with E-state index in [0.29, 0.717) is 16.1 Å². The van der Waals surface area contributed by atoms with Crippen LogP contribution in [0.5, 0.6) is 11.5 Å². The Labute approximate surface area is 179 Å². The number of carbonyl (C=O) groups is 1. The van der Waals surface area contributed by atoms with Crippen molar-refractivity contribution in [3.05, 3.63) is 76.6 Å². The molecule has 2 aromatic carbocycles. The number of primary amides is 1. The SMILES string of the molecule is NC(=O)c1nc(-c2ccc(Oc3ccnc(N)c3Cl)c(F)c2)c(-c2ccccc2)s1. The molecule has 2 aromatic heterocycles. The number of rotatable bonds is 5. The second-order valence-electron chi connectivity index (χ2n) is 6.18. The summed E-state index contributed by atoms with van der Waals surface area (Å²) in [4.78, 5) is 20.5. The van der Waals surface area contributed by atoms with E-state index >= 15 is 0 Å². The van der Waals surface area contributed by atoms with Crippen molar-refractivity contribution in [1.29, 1.82) is 0 Å². The van der Waals surface area contributed by atoms with Crippen LogP contribution in [-0.2, 0) is 0 Å². The molecule has 0 fully saturated rings. The average molecular weight is 441 g/mol. The van der Waals surface area contributed by atoms with Gasteiger partial charge in [-0.3, -0.25) is 4.79 Å². The van der Waals surface area contributed by atoms with Crippen molar-refractivity contribution in [1.82, 2.24) is 9.97 Å². The zero-order chi connectivity index (χ0) is 21.3. The summed E-state index contributed by atoms with van der Waals surface area (Å²) >= 11 is 7.21. The van der Waals surface area contributed by atoms with Crippen LogP contribution in [0.2, 0.25) is 5.02 Å². The molecule has 4 N–H and O–H groups in total. The number of hydrogen-bond donors (Lipinski definition) is 2. The molecule has 0 aliphatic carbocycles. The predicted molar refractivity (Wildman–Crippen MR) is 115 cm³/mol. The van der Waals surface area contributed by atoms with Gasteiger partial charge in [-0.1, -0.05) is 41.9 Å². The third kappa shape index (κ3) is 3.83. The van der Waals surface area contributed by atoms with Gasteiger partial charge in [0.05, 0.1) is 10.6 Å². The molecule has 0 saturated carbocycles. The van der Waals surface area contributed by atoms with E-state index in [2.05, 4.69) is 9.97 Å². The molecule has 0 spiro atoms. The summed E-state index contributed by atoms with van der Waals surface area (Å²) in [6.07, 6.45) is 1.41. The third-order valence-corrected chi connectivity index (χ3v) is 5.68. The van der Waals surface area contributed by atoms with E-state index in [-0.39, 0.29) is 27.3 Å². The molecule has 30 heavy (non-hydrogen) atoms. The van der Waals surface area contributed by atoms with Crippen LogP contribution in [0.3, 0.4) is 0 Å². The molecule has 0 radical (unpaired) electrons. The number of nitrogens with two attached hydrogens (primary N) is 2. The van der Waals surface area contributed by atoms with E-state index in [9.17, 15) is 9.18 Å². The van der Waals surface area contributed by atoms with E-state index < -0.39 is 11.7 Å². The Morgan fingerprint density at radius 1 is 1.07 bits per heavy atom. The lowest BCUT2D eigenvalue weighted by atomic mass is 10.1. The minimum Gasteiger partial charge on any atom is -0.453 e. The van der Waals surface area contributed by atoms with Gasteiger partial charge in [0.1, 0.15) is 10.8 Å². The monoisotopic (exact) mass is 440 g/mol. The molecule has 150 valence electrons. The number of anilines is 1. The Hall–Kier alpha value is -3.49. The van der Waals surface area contributed by atoms with E-state index in [1.807, 2.05) is 30.3 Å². The number of benzene rings is 2. The van der Waals surface area contributed by atoms with Crippen molar-refractivity contribution in [2.24, 2.45) is 5.73 Å². The first kappa shape index (κ1) is 19.8. The van der Waals surface area contributed by atoms with Crippen LogP contribution in [0.15, 0.2) is 60.8 Å². The summed E-state index contributed by atoms with van der Waals surface area (Å²) in [5.41, 5.74) is 12.8. The Balaban J connectivity index is 1.74. The van der Waals surface area contributed by atoms with Crippen molar-refractivity contribution >= 4 is 34.7 Å². The number of ether oxygens (including phenoxy) is 1. The molecule has 6 nitrogen and oxygen atoms in total. The summed E-state index contributed by atoms with van der Waals surface area (Å²) in [6, 6.07) is 15.2. The highest BCUT2D eigenvalue weighted by Gasteiger charge is 2.19. The molecule has 9 heteroatoms. The zero-order valence-electron chi connectivity index (χ0n) is 15.3. The maximum absolute atomic E-state index is 14.8. The molecule has 0 saturated heterocycles. The number of nitrogens with zero attached hydrogens (tertiary/aromatic N) is 2. The molecule has 4 rings (SSSR count). The van der Waals surface area contributed by atoms with Crippen LogP contribution in [0.1, 0.15) is 9.80 Å². The van der Waals surface area contributed by atoms with Crippen LogP contribution in [0, 0.1) is 5.82 Å². The van der Waals surface area contributed by atoms with Gasteiger partial charge in [0.25, 0.3) is 5.91 Å². The van der Waals surface area contributed by atoms with Gasteiger partial charge in [-0.25, -0.2) is 14.4 Å². The van der Waals surface area contributed by atoms with E-state index in [1.165, 1.54) is 24.4 Å². The quantitative estimate of drug-likeness (QED) is 0.447. The first-order valence-electron chi connectivity index (χ1n) is 8.68. The Morgan fingerprint density at radius 3 is 2.53 bits per heavy atom.